The van der Waals surface area contributed by atoms with Gasteiger partial charge in [-0.05, 0) is 52.8 Å². The van der Waals surface area contributed by atoms with Crippen LogP contribution in [0.2, 0.25) is 5.15 Å². The van der Waals surface area contributed by atoms with Crippen LogP contribution in [0.4, 0.5) is 8.78 Å². The quantitative estimate of drug-likeness (QED) is 0.473. The number of rotatable bonds is 6. The van der Waals surface area contributed by atoms with E-state index in [2.05, 4.69) is 20.1 Å². The van der Waals surface area contributed by atoms with Gasteiger partial charge in [-0.3, -0.25) is 4.90 Å². The zero-order chi connectivity index (χ0) is 23.9. The molecule has 4 rings (SSSR count). The first-order chi connectivity index (χ1) is 15.6. The van der Waals surface area contributed by atoms with Gasteiger partial charge in [-0.15, -0.1) is 0 Å². The van der Waals surface area contributed by atoms with Crippen molar-refractivity contribution in [3.63, 3.8) is 0 Å². The van der Waals surface area contributed by atoms with Crippen molar-refractivity contribution in [2.24, 2.45) is 0 Å². The number of hydrogen-bond acceptors (Lipinski definition) is 7. The maximum Gasteiger partial charge on any atom is 0.240 e. The summed E-state index contributed by atoms with van der Waals surface area (Å²) in [5, 5.41) is 4.13. The topological polar surface area (TPSA) is 77.2 Å². The number of alkyl halides is 1. The van der Waals surface area contributed by atoms with Gasteiger partial charge in [0.1, 0.15) is 23.2 Å². The van der Waals surface area contributed by atoms with E-state index in [1.807, 2.05) is 31.9 Å². The van der Waals surface area contributed by atoms with Crippen molar-refractivity contribution in [3.8, 4) is 17.5 Å². The molecule has 1 aliphatic rings. The van der Waals surface area contributed by atoms with Crippen molar-refractivity contribution in [2.75, 3.05) is 13.6 Å². The summed E-state index contributed by atoms with van der Waals surface area (Å²) in [4.78, 5) is 14.9. The molecule has 7 nitrogen and oxygen atoms in total. The Morgan fingerprint density at radius 1 is 1.24 bits per heavy atom. The summed E-state index contributed by atoms with van der Waals surface area (Å²) < 4.78 is 39.8. The van der Waals surface area contributed by atoms with Crippen LogP contribution >= 0.6 is 11.6 Å². The lowest BCUT2D eigenvalue weighted by Crippen LogP contribution is -2.38. The number of benzene rings is 1. The Kier molecular flexibility index (Phi) is 6.37. The van der Waals surface area contributed by atoms with E-state index in [9.17, 15) is 8.78 Å². The highest BCUT2D eigenvalue weighted by molar-refractivity contribution is 6.29. The summed E-state index contributed by atoms with van der Waals surface area (Å²) in [5.41, 5.74) is 0.357. The number of likely N-dealkylation sites (tertiary alicyclic amines) is 1. The molecule has 3 aromatic rings. The largest absolute Gasteiger partial charge is 0.473 e. The monoisotopic (exact) mass is 477 g/mol. The van der Waals surface area contributed by atoms with Gasteiger partial charge in [0.05, 0.1) is 5.41 Å². The standard InChI is InChI=1S/C23H26ClF2N5O2/c1-12-7-6-8-15(26)19(12)23(3,4)22-29-21(30-33-22)20-27-17(24)10-18(28-20)32-13(2)16-9-14(25)11-31(16)5/h6-8,10,13-14,16H,9,11H2,1-5H3/t13-,14+,16-/m0/s1. The lowest BCUT2D eigenvalue weighted by molar-refractivity contribution is 0.117. The van der Waals surface area contributed by atoms with Gasteiger partial charge < -0.3 is 9.26 Å². The lowest BCUT2D eigenvalue weighted by atomic mass is 9.81. The van der Waals surface area contributed by atoms with Crippen LogP contribution in [0.1, 0.15) is 44.2 Å². The first-order valence-corrected chi connectivity index (χ1v) is 11.1. The van der Waals surface area contributed by atoms with Crippen LogP contribution in [0.15, 0.2) is 28.8 Å². The molecule has 0 N–H and O–H groups in total. The van der Waals surface area contributed by atoms with E-state index in [4.69, 9.17) is 20.9 Å². The second-order valence-electron chi connectivity index (χ2n) is 9.00. The molecule has 0 amide bonds. The maximum atomic E-state index is 14.6. The Hall–Kier alpha value is -2.65. The van der Waals surface area contributed by atoms with Crippen LogP contribution in [0.25, 0.3) is 11.6 Å². The predicted molar refractivity (Wildman–Crippen MR) is 120 cm³/mol. The molecule has 0 aliphatic carbocycles. The number of aromatic nitrogens is 4. The molecule has 0 saturated carbocycles. The normalized spacial score (nSPS) is 20.2. The van der Waals surface area contributed by atoms with Crippen LogP contribution in [-0.2, 0) is 5.41 Å². The highest BCUT2D eigenvalue weighted by atomic mass is 35.5. The van der Waals surface area contributed by atoms with E-state index in [0.29, 0.717) is 18.5 Å². The smallest absolute Gasteiger partial charge is 0.240 e. The fraction of sp³-hybridized carbons (Fsp3) is 0.478. The minimum Gasteiger partial charge on any atom is -0.473 e. The third-order valence-corrected chi connectivity index (χ3v) is 6.27. The Bertz CT molecular complexity index is 1140. The summed E-state index contributed by atoms with van der Waals surface area (Å²) in [6, 6.07) is 6.28. The van der Waals surface area contributed by atoms with Crippen LogP contribution in [0.3, 0.4) is 0 Å². The zero-order valence-electron chi connectivity index (χ0n) is 19.1. The fourth-order valence-electron chi connectivity index (χ4n) is 4.44. The van der Waals surface area contributed by atoms with Gasteiger partial charge >= 0.3 is 0 Å². The molecule has 0 unspecified atom stereocenters. The molecule has 0 spiro atoms. The number of ether oxygens (including phenoxy) is 1. The molecular formula is C23H26ClF2N5O2. The Morgan fingerprint density at radius 3 is 2.67 bits per heavy atom. The molecule has 1 fully saturated rings. The van der Waals surface area contributed by atoms with Crippen LogP contribution in [-0.4, -0.2) is 56.9 Å². The third kappa shape index (κ3) is 4.70. The predicted octanol–water partition coefficient (Wildman–Crippen LogP) is 4.76. The van der Waals surface area contributed by atoms with Crippen LogP contribution in [0, 0.1) is 12.7 Å². The molecule has 1 saturated heterocycles. The summed E-state index contributed by atoms with van der Waals surface area (Å²) >= 11 is 6.19. The SMILES string of the molecule is Cc1cccc(F)c1C(C)(C)c1nc(-c2nc(Cl)cc(O[C@@H](C)[C@@H]3C[C@@H](F)CN3C)n2)no1. The summed E-state index contributed by atoms with van der Waals surface area (Å²) in [6.45, 7) is 7.68. The van der Waals surface area contributed by atoms with E-state index >= 15 is 0 Å². The van der Waals surface area contributed by atoms with Crippen molar-refractivity contribution in [1.82, 2.24) is 25.0 Å². The van der Waals surface area contributed by atoms with Gasteiger partial charge in [-0.1, -0.05) is 28.9 Å². The second kappa shape index (κ2) is 8.95. The number of aryl methyl sites for hydroxylation is 1. The van der Waals surface area contributed by atoms with Gasteiger partial charge in [-0.2, -0.15) is 9.97 Å². The Morgan fingerprint density at radius 2 is 2.00 bits per heavy atom. The minimum atomic E-state index is -0.886. The highest BCUT2D eigenvalue weighted by Crippen LogP contribution is 2.35. The van der Waals surface area contributed by atoms with E-state index in [0.717, 1.165) is 5.56 Å². The minimum absolute atomic E-state index is 0.0845. The Labute approximate surface area is 196 Å². The lowest BCUT2D eigenvalue weighted by Gasteiger charge is -2.25. The average molecular weight is 478 g/mol. The van der Waals surface area contributed by atoms with Crippen molar-refractivity contribution in [1.29, 1.82) is 0 Å². The average Bonchev–Trinajstić information content (AvgIpc) is 3.34. The molecule has 10 heteroatoms. The van der Waals surface area contributed by atoms with Crippen LogP contribution < -0.4 is 4.74 Å². The van der Waals surface area contributed by atoms with E-state index in [1.54, 1.807) is 19.9 Å². The van der Waals surface area contributed by atoms with Crippen molar-refractivity contribution >= 4 is 11.6 Å². The first-order valence-electron chi connectivity index (χ1n) is 10.7. The van der Waals surface area contributed by atoms with Gasteiger partial charge in [-0.25, -0.2) is 13.8 Å². The van der Waals surface area contributed by atoms with Crippen molar-refractivity contribution in [2.45, 2.75) is 57.8 Å². The van der Waals surface area contributed by atoms with Crippen LogP contribution in [0.5, 0.6) is 5.88 Å². The molecule has 0 radical (unpaired) electrons. The molecule has 0 bridgehead atoms. The van der Waals surface area contributed by atoms with Gasteiger partial charge in [0, 0.05) is 24.2 Å². The van der Waals surface area contributed by atoms with E-state index in [1.165, 1.54) is 12.1 Å². The van der Waals surface area contributed by atoms with E-state index < -0.39 is 11.6 Å². The summed E-state index contributed by atoms with van der Waals surface area (Å²) in [5.74, 6) is 0.309. The van der Waals surface area contributed by atoms with Gasteiger partial charge in [0.2, 0.25) is 23.4 Å². The highest BCUT2D eigenvalue weighted by Gasteiger charge is 2.36. The molecular weight excluding hydrogens is 452 g/mol. The fourth-order valence-corrected chi connectivity index (χ4v) is 4.61. The van der Waals surface area contributed by atoms with Crippen molar-refractivity contribution in [3.05, 3.63) is 52.3 Å². The van der Waals surface area contributed by atoms with Gasteiger partial charge in [0.15, 0.2) is 0 Å². The number of likely N-dealkylation sites (N-methyl/N-ethyl adjacent to an activating group) is 1. The molecule has 176 valence electrons. The summed E-state index contributed by atoms with van der Waals surface area (Å²) in [7, 11) is 1.86. The third-order valence-electron chi connectivity index (χ3n) is 6.08. The van der Waals surface area contributed by atoms with Crippen molar-refractivity contribution < 1.29 is 18.0 Å². The zero-order valence-corrected chi connectivity index (χ0v) is 19.9. The molecule has 3 heterocycles. The van der Waals surface area contributed by atoms with Gasteiger partial charge in [0.25, 0.3) is 0 Å². The maximum absolute atomic E-state index is 14.6. The molecule has 1 aliphatic heterocycles. The molecule has 33 heavy (non-hydrogen) atoms. The second-order valence-corrected chi connectivity index (χ2v) is 9.38. The number of halogens is 3. The molecule has 2 aromatic heterocycles. The first kappa shape index (κ1) is 23.5. The number of nitrogens with zero attached hydrogens (tertiary/aromatic N) is 5. The molecule has 1 aromatic carbocycles. The Balaban J connectivity index is 1.60. The summed E-state index contributed by atoms with van der Waals surface area (Å²) in [6.07, 6.45) is -0.810. The number of hydrogen-bond donors (Lipinski definition) is 0. The van der Waals surface area contributed by atoms with E-state index in [-0.39, 0.29) is 46.5 Å². The molecule has 3 atom stereocenters.